The monoisotopic (exact) mass is 376 g/mol. The first kappa shape index (κ1) is 21.7. The van der Waals surface area contributed by atoms with Crippen LogP contribution in [0.15, 0.2) is 24.3 Å². The van der Waals surface area contributed by atoms with Gasteiger partial charge < -0.3 is 20.1 Å². The van der Waals surface area contributed by atoms with E-state index in [1.165, 1.54) is 11.3 Å². The van der Waals surface area contributed by atoms with Gasteiger partial charge in [0.15, 0.2) is 6.10 Å². The van der Waals surface area contributed by atoms with E-state index in [1.807, 2.05) is 0 Å². The molecule has 1 aromatic carbocycles. The van der Waals surface area contributed by atoms with E-state index in [2.05, 4.69) is 55.3 Å². The average Bonchev–Trinajstić information content (AvgIpc) is 2.58. The van der Waals surface area contributed by atoms with Crippen molar-refractivity contribution in [2.45, 2.75) is 77.5 Å². The van der Waals surface area contributed by atoms with Crippen molar-refractivity contribution in [1.29, 1.82) is 0 Å². The SMILES string of the molecule is CC(C)(C)OC(=O)[C@H](O)CNC1CCN(c2ccc(C(C)(C)C)cc2)CC1. The Morgan fingerprint density at radius 2 is 1.70 bits per heavy atom. The van der Waals surface area contributed by atoms with Crippen LogP contribution in [-0.2, 0) is 14.9 Å². The molecule has 1 atom stereocenters. The minimum absolute atomic E-state index is 0.171. The minimum Gasteiger partial charge on any atom is -0.458 e. The number of rotatable bonds is 5. The van der Waals surface area contributed by atoms with E-state index in [0.717, 1.165) is 25.9 Å². The normalized spacial score (nSPS) is 17.7. The van der Waals surface area contributed by atoms with Crippen molar-refractivity contribution in [2.24, 2.45) is 0 Å². The van der Waals surface area contributed by atoms with Crippen molar-refractivity contribution < 1.29 is 14.6 Å². The third kappa shape index (κ3) is 6.82. The molecule has 1 aliphatic rings. The van der Waals surface area contributed by atoms with Crippen molar-refractivity contribution in [2.75, 3.05) is 24.5 Å². The smallest absolute Gasteiger partial charge is 0.336 e. The predicted octanol–water partition coefficient (Wildman–Crippen LogP) is 3.25. The van der Waals surface area contributed by atoms with Gasteiger partial charge in [-0.3, -0.25) is 0 Å². The Morgan fingerprint density at radius 3 is 2.19 bits per heavy atom. The van der Waals surface area contributed by atoms with Crippen LogP contribution in [0.1, 0.15) is 59.9 Å². The lowest BCUT2D eigenvalue weighted by molar-refractivity contribution is -0.164. The molecule has 0 aromatic heterocycles. The maximum absolute atomic E-state index is 11.8. The summed E-state index contributed by atoms with van der Waals surface area (Å²) in [6.45, 7) is 14.3. The van der Waals surface area contributed by atoms with Gasteiger partial charge in [0.2, 0.25) is 0 Å². The molecule has 0 saturated carbocycles. The number of hydrogen-bond acceptors (Lipinski definition) is 5. The second kappa shape index (κ2) is 8.61. The number of piperidine rings is 1. The second-order valence-corrected chi connectivity index (χ2v) is 9.52. The first-order chi connectivity index (χ1) is 12.5. The Kier molecular flexibility index (Phi) is 6.92. The summed E-state index contributed by atoms with van der Waals surface area (Å²) in [5, 5.41) is 13.3. The molecule has 1 aliphatic heterocycles. The molecule has 0 spiro atoms. The van der Waals surface area contributed by atoms with Crippen LogP contribution in [0.4, 0.5) is 5.69 Å². The molecule has 1 fully saturated rings. The Bertz CT molecular complexity index is 606. The van der Waals surface area contributed by atoms with Gasteiger partial charge in [-0.2, -0.15) is 0 Å². The number of esters is 1. The van der Waals surface area contributed by atoms with Gasteiger partial charge in [0.05, 0.1) is 0 Å². The van der Waals surface area contributed by atoms with E-state index in [1.54, 1.807) is 20.8 Å². The van der Waals surface area contributed by atoms with Crippen LogP contribution in [0.3, 0.4) is 0 Å². The van der Waals surface area contributed by atoms with Crippen LogP contribution in [0.5, 0.6) is 0 Å². The minimum atomic E-state index is -1.12. The zero-order chi connectivity index (χ0) is 20.2. The number of aliphatic hydroxyl groups excluding tert-OH is 1. The van der Waals surface area contributed by atoms with E-state index in [-0.39, 0.29) is 12.0 Å². The van der Waals surface area contributed by atoms with Crippen molar-refractivity contribution in [3.05, 3.63) is 29.8 Å². The van der Waals surface area contributed by atoms with Gasteiger partial charge in [0.1, 0.15) is 5.60 Å². The first-order valence-electron chi connectivity index (χ1n) is 9.95. The van der Waals surface area contributed by atoms with Crippen molar-refractivity contribution >= 4 is 11.7 Å². The number of nitrogens with one attached hydrogen (secondary N) is 1. The van der Waals surface area contributed by atoms with Gasteiger partial charge in [-0.25, -0.2) is 4.79 Å². The third-order valence-electron chi connectivity index (χ3n) is 4.87. The molecule has 2 rings (SSSR count). The van der Waals surface area contributed by atoms with Crippen LogP contribution in [0, 0.1) is 0 Å². The van der Waals surface area contributed by atoms with Gasteiger partial charge in [-0.1, -0.05) is 32.9 Å². The maximum atomic E-state index is 11.8. The lowest BCUT2D eigenvalue weighted by Crippen LogP contribution is -2.46. The molecule has 1 heterocycles. The first-order valence-corrected chi connectivity index (χ1v) is 9.95. The summed E-state index contributed by atoms with van der Waals surface area (Å²) in [6.07, 6.45) is 0.858. The highest BCUT2D eigenvalue weighted by Crippen LogP contribution is 2.26. The highest BCUT2D eigenvalue weighted by atomic mass is 16.6. The largest absolute Gasteiger partial charge is 0.458 e. The fourth-order valence-electron chi connectivity index (χ4n) is 3.25. The van der Waals surface area contributed by atoms with E-state index in [4.69, 9.17) is 4.74 Å². The number of nitrogens with zero attached hydrogens (tertiary/aromatic N) is 1. The molecule has 152 valence electrons. The molecular weight excluding hydrogens is 340 g/mol. The van der Waals surface area contributed by atoms with Crippen LogP contribution < -0.4 is 10.2 Å². The fourth-order valence-corrected chi connectivity index (χ4v) is 3.25. The summed E-state index contributed by atoms with van der Waals surface area (Å²) in [6, 6.07) is 9.17. The number of carbonyl (C=O) groups excluding carboxylic acids is 1. The van der Waals surface area contributed by atoms with Crippen molar-refractivity contribution in [3.63, 3.8) is 0 Å². The molecule has 0 aliphatic carbocycles. The molecule has 5 nitrogen and oxygen atoms in total. The topological polar surface area (TPSA) is 61.8 Å². The summed E-state index contributed by atoms with van der Waals surface area (Å²) in [4.78, 5) is 14.2. The van der Waals surface area contributed by atoms with E-state index in [0.29, 0.717) is 6.04 Å². The number of anilines is 1. The molecule has 1 aromatic rings. The predicted molar refractivity (Wildman–Crippen MR) is 110 cm³/mol. The van der Waals surface area contributed by atoms with E-state index >= 15 is 0 Å². The number of aliphatic hydroxyl groups is 1. The molecule has 0 radical (unpaired) electrons. The van der Waals surface area contributed by atoms with Crippen LogP contribution >= 0.6 is 0 Å². The average molecular weight is 377 g/mol. The number of carbonyl (C=O) groups is 1. The zero-order valence-electron chi connectivity index (χ0n) is 17.7. The molecule has 27 heavy (non-hydrogen) atoms. The lowest BCUT2D eigenvalue weighted by atomic mass is 9.87. The second-order valence-electron chi connectivity index (χ2n) is 9.52. The number of hydrogen-bond donors (Lipinski definition) is 2. The molecule has 0 unspecified atom stereocenters. The van der Waals surface area contributed by atoms with E-state index < -0.39 is 17.7 Å². The van der Waals surface area contributed by atoms with Crippen molar-refractivity contribution in [1.82, 2.24) is 5.32 Å². The summed E-state index contributed by atoms with van der Waals surface area (Å²) in [7, 11) is 0. The maximum Gasteiger partial charge on any atom is 0.336 e. The zero-order valence-corrected chi connectivity index (χ0v) is 17.7. The Hall–Kier alpha value is -1.59. The quantitative estimate of drug-likeness (QED) is 0.773. The third-order valence-corrected chi connectivity index (χ3v) is 4.87. The highest BCUT2D eigenvalue weighted by molar-refractivity contribution is 5.75. The van der Waals surface area contributed by atoms with Gasteiger partial charge in [0, 0.05) is 31.4 Å². The van der Waals surface area contributed by atoms with Crippen LogP contribution in [0.25, 0.3) is 0 Å². The lowest BCUT2D eigenvalue weighted by Gasteiger charge is -2.34. The summed E-state index contributed by atoms with van der Waals surface area (Å²) in [5.74, 6) is -0.564. The molecule has 0 amide bonds. The fraction of sp³-hybridized carbons (Fsp3) is 0.682. The Morgan fingerprint density at radius 1 is 1.15 bits per heavy atom. The molecule has 2 N–H and O–H groups in total. The van der Waals surface area contributed by atoms with Crippen LogP contribution in [-0.4, -0.2) is 48.5 Å². The Balaban J connectivity index is 1.78. The number of benzene rings is 1. The standard InChI is InChI=1S/C22H36N2O3/c1-21(2,3)16-7-9-18(10-8-16)24-13-11-17(12-14-24)23-15-19(25)20(26)27-22(4,5)6/h7-10,17,19,23,25H,11-15H2,1-6H3/t19-/m1/s1. The molecule has 1 saturated heterocycles. The summed E-state index contributed by atoms with van der Waals surface area (Å²) >= 11 is 0. The summed E-state index contributed by atoms with van der Waals surface area (Å²) in [5.41, 5.74) is 2.20. The summed E-state index contributed by atoms with van der Waals surface area (Å²) < 4.78 is 5.21. The van der Waals surface area contributed by atoms with Crippen LogP contribution in [0.2, 0.25) is 0 Å². The molecule has 5 heteroatoms. The molecule has 0 bridgehead atoms. The van der Waals surface area contributed by atoms with E-state index in [9.17, 15) is 9.90 Å². The highest BCUT2D eigenvalue weighted by Gasteiger charge is 2.25. The van der Waals surface area contributed by atoms with Gasteiger partial charge in [-0.05, 0) is 56.7 Å². The molecular formula is C22H36N2O3. The Labute approximate surface area is 164 Å². The van der Waals surface area contributed by atoms with Gasteiger partial charge in [-0.15, -0.1) is 0 Å². The van der Waals surface area contributed by atoms with Gasteiger partial charge >= 0.3 is 5.97 Å². The van der Waals surface area contributed by atoms with Gasteiger partial charge in [0.25, 0.3) is 0 Å². The number of ether oxygens (including phenoxy) is 1. The van der Waals surface area contributed by atoms with Crippen molar-refractivity contribution in [3.8, 4) is 0 Å².